The number of benzene rings is 1. The molecule has 1 unspecified atom stereocenters. The molecule has 150 valence electrons. The third-order valence-corrected chi connectivity index (χ3v) is 5.59. The van der Waals surface area contributed by atoms with Crippen LogP contribution in [0.3, 0.4) is 0 Å². The lowest BCUT2D eigenvalue weighted by Gasteiger charge is -2.30. The van der Waals surface area contributed by atoms with Crippen LogP contribution in [-0.2, 0) is 14.3 Å². The van der Waals surface area contributed by atoms with Crippen molar-refractivity contribution in [1.29, 1.82) is 0 Å². The van der Waals surface area contributed by atoms with Crippen molar-refractivity contribution in [2.75, 3.05) is 38.2 Å². The van der Waals surface area contributed by atoms with Crippen molar-refractivity contribution in [2.45, 2.75) is 26.9 Å². The third kappa shape index (κ3) is 4.79. The molecular formula is C21H26N2O4S. The van der Waals surface area contributed by atoms with Crippen LogP contribution in [0.4, 0.5) is 5.00 Å². The summed E-state index contributed by atoms with van der Waals surface area (Å²) in [6.45, 7) is 8.34. The fourth-order valence-corrected chi connectivity index (χ4v) is 4.47. The van der Waals surface area contributed by atoms with E-state index in [1.54, 1.807) is 6.92 Å². The summed E-state index contributed by atoms with van der Waals surface area (Å²) in [6, 6.07) is 9.71. The molecule has 7 heteroatoms. The first-order valence-corrected chi connectivity index (χ1v) is 10.3. The summed E-state index contributed by atoms with van der Waals surface area (Å²) in [5, 5.41) is 3.48. The average Bonchev–Trinajstić information content (AvgIpc) is 2.98. The van der Waals surface area contributed by atoms with E-state index in [2.05, 4.69) is 10.2 Å². The number of hydrogen-bond donors (Lipinski definition) is 1. The molecule has 28 heavy (non-hydrogen) atoms. The minimum Gasteiger partial charge on any atom is -0.462 e. The van der Waals surface area contributed by atoms with Gasteiger partial charge in [-0.25, -0.2) is 4.79 Å². The fraction of sp³-hybridized carbons (Fsp3) is 0.429. The van der Waals surface area contributed by atoms with Gasteiger partial charge >= 0.3 is 5.97 Å². The number of esters is 1. The molecule has 1 aliphatic rings. The number of nitrogens with zero attached hydrogens (tertiary/aromatic N) is 1. The van der Waals surface area contributed by atoms with Crippen LogP contribution >= 0.6 is 11.3 Å². The monoisotopic (exact) mass is 402 g/mol. The second-order valence-corrected chi connectivity index (χ2v) is 8.01. The van der Waals surface area contributed by atoms with Gasteiger partial charge in [0.1, 0.15) is 10.6 Å². The fourth-order valence-electron chi connectivity index (χ4n) is 3.39. The number of ether oxygens (including phenoxy) is 2. The number of nitrogens with one attached hydrogen (secondary N) is 1. The standard InChI is InChI=1S/C21H26N2O4S/c1-4-26-21(25)19-18(16-8-6-5-7-9-16)15(3)28-20(19)22-17(24)13-23-10-11-27-14(2)12-23/h5-9,14H,4,10-13H2,1-3H3,(H,22,24). The molecule has 1 N–H and O–H groups in total. The number of carbonyl (C=O) groups is 2. The molecule has 2 aromatic rings. The molecule has 1 amide bonds. The summed E-state index contributed by atoms with van der Waals surface area (Å²) < 4.78 is 10.8. The maximum Gasteiger partial charge on any atom is 0.341 e. The molecule has 0 radical (unpaired) electrons. The van der Waals surface area contributed by atoms with Crippen molar-refractivity contribution < 1.29 is 19.1 Å². The smallest absolute Gasteiger partial charge is 0.341 e. The Balaban J connectivity index is 1.86. The number of morpholine rings is 1. The first kappa shape index (κ1) is 20.5. The largest absolute Gasteiger partial charge is 0.462 e. The first-order valence-electron chi connectivity index (χ1n) is 9.49. The summed E-state index contributed by atoms with van der Waals surface area (Å²) in [7, 11) is 0. The molecule has 0 saturated carbocycles. The van der Waals surface area contributed by atoms with Crippen molar-refractivity contribution in [1.82, 2.24) is 4.90 Å². The number of amides is 1. The van der Waals surface area contributed by atoms with E-state index in [1.165, 1.54) is 11.3 Å². The van der Waals surface area contributed by atoms with E-state index in [0.717, 1.165) is 29.1 Å². The van der Waals surface area contributed by atoms with Gasteiger partial charge in [0.15, 0.2) is 0 Å². The quantitative estimate of drug-likeness (QED) is 0.749. The van der Waals surface area contributed by atoms with Gasteiger partial charge in [-0.05, 0) is 26.3 Å². The number of aryl methyl sites for hydroxylation is 1. The highest BCUT2D eigenvalue weighted by atomic mass is 32.1. The molecule has 2 heterocycles. The van der Waals surface area contributed by atoms with Crippen LogP contribution in [0.1, 0.15) is 29.1 Å². The van der Waals surface area contributed by atoms with E-state index in [1.807, 2.05) is 44.2 Å². The molecule has 1 atom stereocenters. The topological polar surface area (TPSA) is 67.9 Å². The summed E-state index contributed by atoms with van der Waals surface area (Å²) in [5.41, 5.74) is 2.18. The van der Waals surface area contributed by atoms with Gasteiger partial charge in [-0.3, -0.25) is 9.69 Å². The highest BCUT2D eigenvalue weighted by Crippen LogP contribution is 2.40. The highest BCUT2D eigenvalue weighted by molar-refractivity contribution is 7.17. The van der Waals surface area contributed by atoms with Crippen LogP contribution in [0, 0.1) is 6.92 Å². The van der Waals surface area contributed by atoms with Gasteiger partial charge in [0.05, 0.1) is 25.9 Å². The summed E-state index contributed by atoms with van der Waals surface area (Å²) in [5.74, 6) is -0.554. The van der Waals surface area contributed by atoms with Crippen LogP contribution < -0.4 is 5.32 Å². The van der Waals surface area contributed by atoms with Crippen LogP contribution in [0.2, 0.25) is 0 Å². The lowest BCUT2D eigenvalue weighted by Crippen LogP contribution is -2.44. The van der Waals surface area contributed by atoms with Gasteiger partial charge in [-0.2, -0.15) is 0 Å². The molecular weight excluding hydrogens is 376 g/mol. The first-order chi connectivity index (χ1) is 13.5. The van der Waals surface area contributed by atoms with Crippen LogP contribution in [0.15, 0.2) is 30.3 Å². The Morgan fingerprint density at radius 3 is 2.75 bits per heavy atom. The Hall–Kier alpha value is -2.22. The van der Waals surface area contributed by atoms with Crippen molar-refractivity contribution >= 4 is 28.2 Å². The Labute approximate surface area is 169 Å². The summed E-state index contributed by atoms with van der Waals surface area (Å²) >= 11 is 1.40. The van der Waals surface area contributed by atoms with Gasteiger partial charge < -0.3 is 14.8 Å². The highest BCUT2D eigenvalue weighted by Gasteiger charge is 2.26. The van der Waals surface area contributed by atoms with Crippen molar-refractivity contribution in [3.63, 3.8) is 0 Å². The maximum absolute atomic E-state index is 12.7. The minimum atomic E-state index is -0.416. The van der Waals surface area contributed by atoms with Gasteiger partial charge in [0.2, 0.25) is 5.91 Å². The Bertz CT molecular complexity index is 834. The van der Waals surface area contributed by atoms with E-state index in [9.17, 15) is 9.59 Å². The second-order valence-electron chi connectivity index (χ2n) is 6.79. The zero-order chi connectivity index (χ0) is 20.1. The molecule has 1 saturated heterocycles. The molecule has 6 nitrogen and oxygen atoms in total. The van der Waals surface area contributed by atoms with Gasteiger partial charge in [0.25, 0.3) is 0 Å². The molecule has 0 aliphatic carbocycles. The predicted octanol–water partition coefficient (Wildman–Crippen LogP) is 3.56. The number of hydrogen-bond acceptors (Lipinski definition) is 6. The SMILES string of the molecule is CCOC(=O)c1c(NC(=O)CN2CCOC(C)C2)sc(C)c1-c1ccccc1. The average molecular weight is 403 g/mol. The minimum absolute atomic E-state index is 0.116. The molecule has 0 bridgehead atoms. The van der Waals surface area contributed by atoms with Crippen LogP contribution in [-0.4, -0.2) is 55.7 Å². The summed E-state index contributed by atoms with van der Waals surface area (Å²) in [6.07, 6.45) is 0.116. The van der Waals surface area contributed by atoms with Gasteiger partial charge in [-0.1, -0.05) is 30.3 Å². The lowest BCUT2D eigenvalue weighted by molar-refractivity contribution is -0.119. The van der Waals surface area contributed by atoms with Crippen molar-refractivity contribution in [2.24, 2.45) is 0 Å². The molecule has 1 aromatic heterocycles. The summed E-state index contributed by atoms with van der Waals surface area (Å²) in [4.78, 5) is 28.4. The molecule has 0 spiro atoms. The normalized spacial score (nSPS) is 17.3. The Morgan fingerprint density at radius 1 is 1.32 bits per heavy atom. The van der Waals surface area contributed by atoms with E-state index >= 15 is 0 Å². The number of anilines is 1. The Morgan fingerprint density at radius 2 is 2.07 bits per heavy atom. The third-order valence-electron chi connectivity index (χ3n) is 4.57. The van der Waals surface area contributed by atoms with E-state index in [-0.39, 0.29) is 25.2 Å². The Kier molecular flexibility index (Phi) is 6.83. The van der Waals surface area contributed by atoms with Gasteiger partial charge in [0, 0.05) is 23.5 Å². The van der Waals surface area contributed by atoms with Crippen LogP contribution in [0.5, 0.6) is 0 Å². The van der Waals surface area contributed by atoms with E-state index in [0.29, 0.717) is 17.2 Å². The van der Waals surface area contributed by atoms with Crippen LogP contribution in [0.25, 0.3) is 11.1 Å². The number of carbonyl (C=O) groups excluding carboxylic acids is 2. The zero-order valence-electron chi connectivity index (χ0n) is 16.5. The molecule has 1 aromatic carbocycles. The molecule has 1 aliphatic heterocycles. The van der Waals surface area contributed by atoms with E-state index in [4.69, 9.17) is 9.47 Å². The number of rotatable bonds is 6. The maximum atomic E-state index is 12.7. The number of thiophene rings is 1. The molecule has 1 fully saturated rings. The molecule has 3 rings (SSSR count). The van der Waals surface area contributed by atoms with Crippen molar-refractivity contribution in [3.05, 3.63) is 40.8 Å². The van der Waals surface area contributed by atoms with E-state index < -0.39 is 5.97 Å². The second kappa shape index (κ2) is 9.32. The van der Waals surface area contributed by atoms with Gasteiger partial charge in [-0.15, -0.1) is 11.3 Å². The predicted molar refractivity (Wildman–Crippen MR) is 111 cm³/mol. The van der Waals surface area contributed by atoms with Crippen molar-refractivity contribution in [3.8, 4) is 11.1 Å². The lowest BCUT2D eigenvalue weighted by atomic mass is 10.0. The zero-order valence-corrected chi connectivity index (χ0v) is 17.3.